The molecule has 0 aliphatic carbocycles. The van der Waals surface area contributed by atoms with Crippen molar-refractivity contribution in [3.8, 4) is 5.75 Å². The monoisotopic (exact) mass is 250 g/mol. The zero-order valence-electron chi connectivity index (χ0n) is 9.97. The van der Waals surface area contributed by atoms with Crippen LogP contribution in [-0.4, -0.2) is 28.8 Å². The lowest BCUT2D eigenvalue weighted by atomic mass is 9.73. The molecule has 0 saturated carbocycles. The molecule has 1 atom stereocenters. The third-order valence-corrected chi connectivity index (χ3v) is 3.30. The van der Waals surface area contributed by atoms with Crippen molar-refractivity contribution in [1.82, 2.24) is 0 Å². The average molecular weight is 250 g/mol. The molecule has 0 saturated heterocycles. The SMILES string of the molecule is Cc1ccc2c(c1)C(CC(=O)O)(C(=O)O)CCO2. The minimum atomic E-state index is -1.38. The van der Waals surface area contributed by atoms with E-state index in [0.717, 1.165) is 5.56 Å². The number of carboxylic acid groups (broad SMARTS) is 2. The highest BCUT2D eigenvalue weighted by molar-refractivity contribution is 5.88. The van der Waals surface area contributed by atoms with E-state index < -0.39 is 23.8 Å². The number of benzene rings is 1. The van der Waals surface area contributed by atoms with Gasteiger partial charge in [-0.2, -0.15) is 0 Å². The minimum absolute atomic E-state index is 0.172. The number of carbonyl (C=O) groups is 2. The number of rotatable bonds is 3. The molecular formula is C13H14O5. The van der Waals surface area contributed by atoms with Crippen LogP contribution < -0.4 is 4.74 Å². The normalized spacial score (nSPS) is 21.8. The Morgan fingerprint density at radius 2 is 2.11 bits per heavy atom. The van der Waals surface area contributed by atoms with Crippen LogP contribution in [0.1, 0.15) is 24.0 Å². The lowest BCUT2D eigenvalue weighted by Crippen LogP contribution is -2.42. The molecule has 0 amide bonds. The molecule has 0 radical (unpaired) electrons. The van der Waals surface area contributed by atoms with Crippen molar-refractivity contribution in [1.29, 1.82) is 0 Å². The molecule has 1 heterocycles. The van der Waals surface area contributed by atoms with Crippen molar-refractivity contribution in [3.63, 3.8) is 0 Å². The van der Waals surface area contributed by atoms with Gasteiger partial charge in [0.05, 0.1) is 13.0 Å². The molecule has 0 bridgehead atoms. The van der Waals surface area contributed by atoms with Gasteiger partial charge in [-0.1, -0.05) is 17.7 Å². The molecule has 1 aromatic rings. The smallest absolute Gasteiger partial charge is 0.314 e. The van der Waals surface area contributed by atoms with Crippen LogP contribution in [0, 0.1) is 6.92 Å². The number of hydrogen-bond acceptors (Lipinski definition) is 3. The topological polar surface area (TPSA) is 83.8 Å². The predicted molar refractivity (Wildman–Crippen MR) is 62.9 cm³/mol. The molecule has 1 aliphatic rings. The van der Waals surface area contributed by atoms with Crippen molar-refractivity contribution in [2.45, 2.75) is 25.2 Å². The zero-order valence-corrected chi connectivity index (χ0v) is 9.97. The minimum Gasteiger partial charge on any atom is -0.493 e. The van der Waals surface area contributed by atoms with Crippen molar-refractivity contribution in [3.05, 3.63) is 29.3 Å². The standard InChI is InChI=1S/C13H14O5/c1-8-2-3-10-9(6-8)13(12(16)17,4-5-18-10)7-11(14)15/h2-3,6H,4-5,7H2,1H3,(H,14,15)(H,16,17). The van der Waals surface area contributed by atoms with Crippen molar-refractivity contribution in [2.24, 2.45) is 0 Å². The Kier molecular flexibility index (Phi) is 2.98. The first-order valence-corrected chi connectivity index (χ1v) is 5.65. The van der Waals surface area contributed by atoms with Gasteiger partial charge < -0.3 is 14.9 Å². The molecule has 2 N–H and O–H groups in total. The van der Waals surface area contributed by atoms with Gasteiger partial charge in [-0.25, -0.2) is 0 Å². The third kappa shape index (κ3) is 1.92. The Bertz CT molecular complexity index is 508. The number of hydrogen-bond donors (Lipinski definition) is 2. The van der Waals surface area contributed by atoms with E-state index in [2.05, 4.69) is 0 Å². The van der Waals surface area contributed by atoms with Gasteiger partial charge in [0.15, 0.2) is 0 Å². The second kappa shape index (κ2) is 4.33. The number of fused-ring (bicyclic) bond motifs is 1. The zero-order chi connectivity index (χ0) is 13.3. The predicted octanol–water partition coefficient (Wildman–Crippen LogP) is 1.57. The van der Waals surface area contributed by atoms with Gasteiger partial charge in [0, 0.05) is 12.0 Å². The summed E-state index contributed by atoms with van der Waals surface area (Å²) in [6, 6.07) is 5.21. The van der Waals surface area contributed by atoms with Gasteiger partial charge >= 0.3 is 11.9 Å². The molecular weight excluding hydrogens is 236 g/mol. The highest BCUT2D eigenvalue weighted by Crippen LogP contribution is 2.42. The summed E-state index contributed by atoms with van der Waals surface area (Å²) >= 11 is 0. The number of carboxylic acids is 2. The highest BCUT2D eigenvalue weighted by Gasteiger charge is 2.46. The first-order valence-electron chi connectivity index (χ1n) is 5.65. The summed E-state index contributed by atoms with van der Waals surface area (Å²) in [6.45, 7) is 2.05. The van der Waals surface area contributed by atoms with Crippen LogP contribution in [0.15, 0.2) is 18.2 Å². The maximum absolute atomic E-state index is 11.6. The van der Waals surface area contributed by atoms with E-state index in [-0.39, 0.29) is 13.0 Å². The summed E-state index contributed by atoms with van der Waals surface area (Å²) in [5.74, 6) is -1.76. The number of aryl methyl sites for hydroxylation is 1. The second-order valence-electron chi connectivity index (χ2n) is 4.56. The van der Waals surface area contributed by atoms with Crippen molar-refractivity contribution < 1.29 is 24.5 Å². The van der Waals surface area contributed by atoms with Crippen LogP contribution in [-0.2, 0) is 15.0 Å². The highest BCUT2D eigenvalue weighted by atomic mass is 16.5. The Labute approximate surface area is 104 Å². The summed E-state index contributed by atoms with van der Waals surface area (Å²) in [5.41, 5.74) is -0.0373. The summed E-state index contributed by atoms with van der Waals surface area (Å²) in [4.78, 5) is 22.5. The third-order valence-electron chi connectivity index (χ3n) is 3.30. The van der Waals surface area contributed by atoms with Crippen molar-refractivity contribution in [2.75, 3.05) is 6.61 Å². The fraction of sp³-hybridized carbons (Fsp3) is 0.385. The molecule has 2 rings (SSSR count). The molecule has 18 heavy (non-hydrogen) atoms. The van der Waals surface area contributed by atoms with E-state index in [0.29, 0.717) is 11.3 Å². The van der Waals surface area contributed by atoms with E-state index in [1.165, 1.54) is 0 Å². The summed E-state index contributed by atoms with van der Waals surface area (Å²) in [7, 11) is 0. The van der Waals surface area contributed by atoms with Gasteiger partial charge in [-0.15, -0.1) is 0 Å². The van der Waals surface area contributed by atoms with Crippen molar-refractivity contribution >= 4 is 11.9 Å². The summed E-state index contributed by atoms with van der Waals surface area (Å²) in [6.07, 6.45) is -0.257. The first-order chi connectivity index (χ1) is 8.45. The maximum atomic E-state index is 11.6. The molecule has 1 aliphatic heterocycles. The largest absolute Gasteiger partial charge is 0.493 e. The van der Waals surface area contributed by atoms with Crippen LogP contribution in [0.3, 0.4) is 0 Å². The fourth-order valence-corrected chi connectivity index (χ4v) is 2.35. The molecule has 0 spiro atoms. The molecule has 5 nitrogen and oxygen atoms in total. The molecule has 1 unspecified atom stereocenters. The molecule has 0 aromatic heterocycles. The average Bonchev–Trinajstić information content (AvgIpc) is 2.29. The van der Waals surface area contributed by atoms with Gasteiger partial charge in [-0.3, -0.25) is 9.59 Å². The van der Waals surface area contributed by atoms with E-state index >= 15 is 0 Å². The van der Waals surface area contributed by atoms with Crippen LogP contribution in [0.2, 0.25) is 0 Å². The quantitative estimate of drug-likeness (QED) is 0.850. The second-order valence-corrected chi connectivity index (χ2v) is 4.56. The lowest BCUT2D eigenvalue weighted by molar-refractivity contribution is -0.151. The number of ether oxygens (including phenoxy) is 1. The Morgan fingerprint density at radius 1 is 1.39 bits per heavy atom. The fourth-order valence-electron chi connectivity index (χ4n) is 2.35. The van der Waals surface area contributed by atoms with E-state index in [1.807, 2.05) is 13.0 Å². The van der Waals surface area contributed by atoms with E-state index in [9.17, 15) is 14.7 Å². The van der Waals surface area contributed by atoms with Crippen LogP contribution >= 0.6 is 0 Å². The Balaban J connectivity index is 2.59. The van der Waals surface area contributed by atoms with E-state index in [4.69, 9.17) is 9.84 Å². The number of aliphatic carboxylic acids is 2. The molecule has 5 heteroatoms. The van der Waals surface area contributed by atoms with Gasteiger partial charge in [0.25, 0.3) is 0 Å². The van der Waals surface area contributed by atoms with Crippen LogP contribution in [0.25, 0.3) is 0 Å². The summed E-state index contributed by atoms with van der Waals surface area (Å²) < 4.78 is 5.41. The molecule has 96 valence electrons. The van der Waals surface area contributed by atoms with Crippen LogP contribution in [0.5, 0.6) is 5.75 Å². The molecule has 1 aromatic carbocycles. The first kappa shape index (κ1) is 12.4. The van der Waals surface area contributed by atoms with Crippen LogP contribution in [0.4, 0.5) is 0 Å². The van der Waals surface area contributed by atoms with Gasteiger partial charge in [-0.05, 0) is 13.0 Å². The Morgan fingerprint density at radius 3 is 2.72 bits per heavy atom. The summed E-state index contributed by atoms with van der Waals surface area (Å²) in [5, 5.41) is 18.4. The van der Waals surface area contributed by atoms with Gasteiger partial charge in [0.2, 0.25) is 0 Å². The van der Waals surface area contributed by atoms with E-state index in [1.54, 1.807) is 12.1 Å². The lowest BCUT2D eigenvalue weighted by Gasteiger charge is -2.34. The Hall–Kier alpha value is -2.04. The van der Waals surface area contributed by atoms with Gasteiger partial charge in [0.1, 0.15) is 11.2 Å². The maximum Gasteiger partial charge on any atom is 0.314 e. The molecule has 0 fully saturated rings.